The number of H-pyrrole nitrogens is 1. The number of anilines is 1. The minimum absolute atomic E-state index is 0.120. The molecule has 0 radical (unpaired) electrons. The number of unbranched alkanes of at least 4 members (excludes halogenated alkanes) is 7. The van der Waals surface area contributed by atoms with Gasteiger partial charge in [-0.1, -0.05) is 70.9 Å². The third kappa shape index (κ3) is 7.97. The number of hydrogen-bond donors (Lipinski definition) is 2. The van der Waals surface area contributed by atoms with Gasteiger partial charge in [-0.15, -0.1) is 0 Å². The molecule has 204 valence electrons. The highest BCUT2D eigenvalue weighted by atomic mass is 16.5. The van der Waals surface area contributed by atoms with Gasteiger partial charge in [0.15, 0.2) is 0 Å². The second-order valence-electron chi connectivity index (χ2n) is 10.5. The number of rotatable bonds is 15. The van der Waals surface area contributed by atoms with Crippen molar-refractivity contribution < 1.29 is 9.53 Å². The van der Waals surface area contributed by atoms with E-state index in [4.69, 9.17) is 4.74 Å². The fourth-order valence-electron chi connectivity index (χ4n) is 5.21. The summed E-state index contributed by atoms with van der Waals surface area (Å²) in [7, 11) is 0. The third-order valence-corrected chi connectivity index (χ3v) is 7.52. The van der Waals surface area contributed by atoms with E-state index in [1.165, 1.54) is 69.0 Å². The van der Waals surface area contributed by atoms with Crippen molar-refractivity contribution in [2.24, 2.45) is 0 Å². The van der Waals surface area contributed by atoms with Gasteiger partial charge in [0.1, 0.15) is 5.75 Å². The molecule has 0 bridgehead atoms. The van der Waals surface area contributed by atoms with Gasteiger partial charge < -0.3 is 15.0 Å². The van der Waals surface area contributed by atoms with Gasteiger partial charge in [0.2, 0.25) is 0 Å². The first-order valence-electron chi connectivity index (χ1n) is 14.7. The van der Waals surface area contributed by atoms with Crippen molar-refractivity contribution in [3.05, 3.63) is 65.9 Å². The zero-order valence-corrected chi connectivity index (χ0v) is 23.4. The lowest BCUT2D eigenvalue weighted by atomic mass is 9.98. The Hall–Kier alpha value is -3.05. The molecule has 38 heavy (non-hydrogen) atoms. The van der Waals surface area contributed by atoms with Crippen molar-refractivity contribution in [2.75, 3.05) is 31.6 Å². The molecule has 0 atom stereocenters. The maximum atomic E-state index is 13.0. The van der Waals surface area contributed by atoms with Crippen LogP contribution in [0.1, 0.15) is 94.0 Å². The fraction of sp³-hybridized carbons (Fsp3) is 0.485. The summed E-state index contributed by atoms with van der Waals surface area (Å²) in [6.45, 7) is 8.49. The Labute approximate surface area is 228 Å². The Morgan fingerprint density at radius 2 is 1.79 bits per heavy atom. The van der Waals surface area contributed by atoms with E-state index in [1.54, 1.807) is 0 Å². The smallest absolute Gasteiger partial charge is 0.255 e. The van der Waals surface area contributed by atoms with Crippen molar-refractivity contribution in [1.82, 2.24) is 9.88 Å². The van der Waals surface area contributed by atoms with E-state index in [-0.39, 0.29) is 5.91 Å². The molecule has 0 unspecified atom stereocenters. The van der Waals surface area contributed by atoms with Gasteiger partial charge in [0.05, 0.1) is 6.61 Å². The lowest BCUT2D eigenvalue weighted by Gasteiger charge is -2.26. The Bertz CT molecular complexity index is 1200. The van der Waals surface area contributed by atoms with Crippen LogP contribution in [0.4, 0.5) is 5.69 Å². The number of aromatic nitrogens is 1. The van der Waals surface area contributed by atoms with Gasteiger partial charge in [-0.05, 0) is 67.8 Å². The first kappa shape index (κ1) is 28.0. The Balaban J connectivity index is 1.35. The van der Waals surface area contributed by atoms with Crippen LogP contribution in [0, 0.1) is 0 Å². The minimum Gasteiger partial charge on any atom is -0.494 e. The summed E-state index contributed by atoms with van der Waals surface area (Å²) < 4.78 is 5.90. The fourth-order valence-corrected chi connectivity index (χ4v) is 5.21. The van der Waals surface area contributed by atoms with E-state index in [2.05, 4.69) is 53.5 Å². The summed E-state index contributed by atoms with van der Waals surface area (Å²) in [6, 6.07) is 13.6. The Kier molecular flexibility index (Phi) is 10.9. The molecule has 5 heteroatoms. The largest absolute Gasteiger partial charge is 0.494 e. The zero-order chi connectivity index (χ0) is 26.6. The molecule has 2 heterocycles. The van der Waals surface area contributed by atoms with Crippen LogP contribution >= 0.6 is 0 Å². The average Bonchev–Trinajstić information content (AvgIpc) is 3.37. The monoisotopic (exact) mass is 515 g/mol. The summed E-state index contributed by atoms with van der Waals surface area (Å²) in [5.74, 6) is 0.630. The molecule has 0 spiro atoms. The molecule has 0 saturated heterocycles. The van der Waals surface area contributed by atoms with E-state index in [0.717, 1.165) is 48.3 Å². The SMILES string of the molecule is CCCCCCCOc1cccc(C(=O)Nc2ccc3[nH]cc(C4=CCN(CCCCCC)CC4)c3c2)c1. The standard InChI is InChI=1S/C33H45N3O2/c1-3-5-7-9-11-22-38-29-14-12-13-27(23-29)33(37)35-28-15-16-32-30(24-28)31(25-34-32)26-17-20-36(21-18-26)19-10-8-6-4-2/h12-17,23-25,34H,3-11,18-22H2,1-2H3,(H,35,37). The highest BCUT2D eigenvalue weighted by Gasteiger charge is 2.16. The number of fused-ring (bicyclic) bond motifs is 1. The number of amides is 1. The number of nitrogens with one attached hydrogen (secondary N) is 2. The van der Waals surface area contributed by atoms with E-state index < -0.39 is 0 Å². The molecule has 2 aromatic carbocycles. The van der Waals surface area contributed by atoms with Crippen LogP contribution in [-0.2, 0) is 0 Å². The Morgan fingerprint density at radius 1 is 0.974 bits per heavy atom. The van der Waals surface area contributed by atoms with Gasteiger partial charge in [-0.3, -0.25) is 9.69 Å². The molecule has 0 aliphatic carbocycles. The summed E-state index contributed by atoms with van der Waals surface area (Å²) in [4.78, 5) is 19.0. The highest BCUT2D eigenvalue weighted by Crippen LogP contribution is 2.31. The number of nitrogens with zero attached hydrogens (tertiary/aromatic N) is 1. The predicted molar refractivity (Wildman–Crippen MR) is 160 cm³/mol. The first-order chi connectivity index (χ1) is 18.7. The molecule has 0 fully saturated rings. The molecule has 1 amide bonds. The quantitative estimate of drug-likeness (QED) is 0.200. The van der Waals surface area contributed by atoms with Crippen molar-refractivity contribution in [3.63, 3.8) is 0 Å². The van der Waals surface area contributed by atoms with Crippen molar-refractivity contribution in [2.45, 2.75) is 78.1 Å². The van der Waals surface area contributed by atoms with Gasteiger partial charge in [-0.2, -0.15) is 0 Å². The molecule has 0 saturated carbocycles. The molecular formula is C33H45N3O2. The van der Waals surface area contributed by atoms with Gasteiger partial charge in [0.25, 0.3) is 5.91 Å². The molecule has 1 aliphatic rings. The van der Waals surface area contributed by atoms with Crippen molar-refractivity contribution >= 4 is 28.1 Å². The number of carbonyl (C=O) groups is 1. The lowest BCUT2D eigenvalue weighted by Crippen LogP contribution is -2.29. The molecule has 2 N–H and O–H groups in total. The van der Waals surface area contributed by atoms with Crippen LogP contribution < -0.4 is 10.1 Å². The second-order valence-corrected chi connectivity index (χ2v) is 10.5. The second kappa shape index (κ2) is 14.8. The molecule has 5 nitrogen and oxygen atoms in total. The number of hydrogen-bond acceptors (Lipinski definition) is 3. The molecular weight excluding hydrogens is 470 g/mol. The van der Waals surface area contributed by atoms with Crippen LogP contribution in [0.25, 0.3) is 16.5 Å². The van der Waals surface area contributed by atoms with Crippen LogP contribution in [-0.4, -0.2) is 42.0 Å². The van der Waals surface area contributed by atoms with Crippen LogP contribution in [0.15, 0.2) is 54.7 Å². The summed E-state index contributed by atoms with van der Waals surface area (Å²) >= 11 is 0. The topological polar surface area (TPSA) is 57.4 Å². The highest BCUT2D eigenvalue weighted by molar-refractivity contribution is 6.06. The number of carbonyl (C=O) groups excluding carboxylic acids is 1. The third-order valence-electron chi connectivity index (χ3n) is 7.52. The average molecular weight is 516 g/mol. The Morgan fingerprint density at radius 3 is 2.58 bits per heavy atom. The number of aromatic amines is 1. The predicted octanol–water partition coefficient (Wildman–Crippen LogP) is 8.44. The van der Waals surface area contributed by atoms with Crippen LogP contribution in [0.5, 0.6) is 5.75 Å². The van der Waals surface area contributed by atoms with E-state index >= 15 is 0 Å². The van der Waals surface area contributed by atoms with Gasteiger partial charge >= 0.3 is 0 Å². The van der Waals surface area contributed by atoms with Crippen LogP contribution in [0.2, 0.25) is 0 Å². The van der Waals surface area contributed by atoms with Gasteiger partial charge in [-0.25, -0.2) is 0 Å². The lowest BCUT2D eigenvalue weighted by molar-refractivity contribution is 0.102. The molecule has 4 rings (SSSR count). The summed E-state index contributed by atoms with van der Waals surface area (Å²) in [5.41, 5.74) is 5.15. The molecule has 1 aliphatic heterocycles. The zero-order valence-electron chi connectivity index (χ0n) is 23.4. The van der Waals surface area contributed by atoms with Crippen LogP contribution in [0.3, 0.4) is 0 Å². The number of benzene rings is 2. The first-order valence-corrected chi connectivity index (χ1v) is 14.7. The van der Waals surface area contributed by atoms with E-state index in [0.29, 0.717) is 12.2 Å². The maximum absolute atomic E-state index is 13.0. The number of ether oxygens (including phenoxy) is 1. The maximum Gasteiger partial charge on any atom is 0.255 e. The van der Waals surface area contributed by atoms with E-state index in [1.807, 2.05) is 30.3 Å². The summed E-state index contributed by atoms with van der Waals surface area (Å²) in [6.07, 6.45) is 16.8. The normalized spacial score (nSPS) is 14.0. The molecule has 3 aromatic rings. The molecule has 1 aromatic heterocycles. The van der Waals surface area contributed by atoms with E-state index in [9.17, 15) is 4.79 Å². The van der Waals surface area contributed by atoms with Gasteiger partial charge in [0, 0.05) is 47.0 Å². The minimum atomic E-state index is -0.120. The summed E-state index contributed by atoms with van der Waals surface area (Å²) in [5, 5.41) is 4.25. The van der Waals surface area contributed by atoms with Crippen molar-refractivity contribution in [3.8, 4) is 5.75 Å². The van der Waals surface area contributed by atoms with Crippen molar-refractivity contribution in [1.29, 1.82) is 0 Å².